The predicted octanol–water partition coefficient (Wildman–Crippen LogP) is 1.48. The van der Waals surface area contributed by atoms with Gasteiger partial charge in [0.1, 0.15) is 0 Å². The molecule has 0 aliphatic rings. The first-order valence-electron chi connectivity index (χ1n) is 6.76. The number of amides is 1. The number of rotatable bonds is 7. The van der Waals surface area contributed by atoms with Crippen LogP contribution in [0.4, 0.5) is 22.7 Å². The molecule has 0 saturated carbocycles. The number of nitrogens with zero attached hydrogens (tertiary/aromatic N) is 2. The molecule has 0 bridgehead atoms. The summed E-state index contributed by atoms with van der Waals surface area (Å²) in [6.45, 7) is 0. The Labute approximate surface area is 133 Å². The van der Waals surface area contributed by atoms with Crippen LogP contribution in [0.25, 0.3) is 0 Å². The Hall–Kier alpha value is -3.42. The third kappa shape index (κ3) is 4.81. The van der Waals surface area contributed by atoms with E-state index in [2.05, 4.69) is 20.8 Å². The summed E-state index contributed by atoms with van der Waals surface area (Å²) in [7, 11) is 0. The number of nitrogen functional groups attached to an aromatic ring is 1. The number of hydrogen-bond acceptors (Lipinski definition) is 7. The smallest absolute Gasteiger partial charge is 0.223 e. The fraction of sp³-hybridized carbons (Fsp3) is 0.0667. The van der Waals surface area contributed by atoms with E-state index < -0.39 is 5.91 Å². The van der Waals surface area contributed by atoms with Crippen molar-refractivity contribution < 1.29 is 4.79 Å². The SMILES string of the molecule is N=C/C=N\Nc1cccc(Nc2cc(N)cnc2CC(N)=O)c1. The van der Waals surface area contributed by atoms with Gasteiger partial charge in [-0.15, -0.1) is 0 Å². The van der Waals surface area contributed by atoms with Crippen LogP contribution < -0.4 is 22.2 Å². The van der Waals surface area contributed by atoms with Crippen LogP contribution in [0.2, 0.25) is 0 Å². The molecule has 2 rings (SSSR count). The Kier molecular flexibility index (Phi) is 5.24. The predicted molar refractivity (Wildman–Crippen MR) is 92.2 cm³/mol. The number of hydrogen-bond donors (Lipinski definition) is 5. The van der Waals surface area contributed by atoms with Crippen molar-refractivity contribution >= 4 is 41.1 Å². The average Bonchev–Trinajstić information content (AvgIpc) is 2.50. The molecule has 0 fully saturated rings. The molecule has 0 aliphatic heterocycles. The second-order valence-corrected chi connectivity index (χ2v) is 4.67. The Bertz CT molecular complexity index is 742. The van der Waals surface area contributed by atoms with Gasteiger partial charge < -0.3 is 22.2 Å². The van der Waals surface area contributed by atoms with E-state index in [4.69, 9.17) is 16.9 Å². The molecule has 2 aromatic rings. The van der Waals surface area contributed by atoms with E-state index in [0.717, 1.165) is 17.6 Å². The number of aromatic nitrogens is 1. The zero-order valence-corrected chi connectivity index (χ0v) is 12.3. The number of carbonyl (C=O) groups is 1. The lowest BCUT2D eigenvalue weighted by molar-refractivity contribution is -0.117. The third-order valence-electron chi connectivity index (χ3n) is 2.82. The van der Waals surface area contributed by atoms with Crippen LogP contribution >= 0.6 is 0 Å². The first-order valence-corrected chi connectivity index (χ1v) is 6.76. The van der Waals surface area contributed by atoms with Gasteiger partial charge in [-0.05, 0) is 24.3 Å². The van der Waals surface area contributed by atoms with Gasteiger partial charge in [-0.3, -0.25) is 15.2 Å². The van der Waals surface area contributed by atoms with Gasteiger partial charge in [0, 0.05) is 11.9 Å². The standard InChI is InChI=1S/C15H17N7O/c16-4-5-20-22-12-3-1-2-11(7-12)21-14-6-10(17)9-19-13(14)8-15(18)23/h1-7,9,16,21-22H,8,17H2,(H2,18,23)/b16-4?,20-5-. The molecular weight excluding hydrogens is 294 g/mol. The lowest BCUT2D eigenvalue weighted by atomic mass is 10.2. The Balaban J connectivity index is 2.23. The minimum absolute atomic E-state index is 0.0180. The number of benzene rings is 1. The molecule has 7 N–H and O–H groups in total. The van der Waals surface area contributed by atoms with Gasteiger partial charge in [0.2, 0.25) is 5.91 Å². The lowest BCUT2D eigenvalue weighted by Gasteiger charge is -2.12. The van der Waals surface area contributed by atoms with Crippen LogP contribution in [0, 0.1) is 5.41 Å². The summed E-state index contributed by atoms with van der Waals surface area (Å²) in [6.07, 6.45) is 3.90. The molecule has 0 atom stereocenters. The summed E-state index contributed by atoms with van der Waals surface area (Å²) < 4.78 is 0. The van der Waals surface area contributed by atoms with Crippen molar-refractivity contribution in [1.82, 2.24) is 4.98 Å². The van der Waals surface area contributed by atoms with Crippen molar-refractivity contribution in [2.24, 2.45) is 10.8 Å². The van der Waals surface area contributed by atoms with E-state index in [1.165, 1.54) is 12.4 Å². The fourth-order valence-electron chi connectivity index (χ4n) is 1.89. The van der Waals surface area contributed by atoms with Crippen LogP contribution in [-0.2, 0) is 11.2 Å². The second-order valence-electron chi connectivity index (χ2n) is 4.67. The number of hydrazone groups is 1. The molecule has 0 spiro atoms. The molecule has 0 aliphatic carbocycles. The van der Waals surface area contributed by atoms with E-state index >= 15 is 0 Å². The second kappa shape index (κ2) is 7.55. The summed E-state index contributed by atoms with van der Waals surface area (Å²) in [5.41, 5.74) is 16.9. The maximum Gasteiger partial charge on any atom is 0.223 e. The van der Waals surface area contributed by atoms with Crippen LogP contribution in [0.15, 0.2) is 41.6 Å². The number of anilines is 4. The number of carbonyl (C=O) groups excluding carboxylic acids is 1. The average molecular weight is 311 g/mol. The maximum atomic E-state index is 11.1. The molecule has 23 heavy (non-hydrogen) atoms. The van der Waals surface area contributed by atoms with E-state index in [-0.39, 0.29) is 6.42 Å². The van der Waals surface area contributed by atoms with Crippen LogP contribution in [0.1, 0.15) is 5.69 Å². The molecule has 0 unspecified atom stereocenters. The molecule has 8 heteroatoms. The monoisotopic (exact) mass is 311 g/mol. The molecule has 8 nitrogen and oxygen atoms in total. The number of primary amides is 1. The Morgan fingerprint density at radius 1 is 1.35 bits per heavy atom. The molecule has 0 saturated heterocycles. The van der Waals surface area contributed by atoms with Crippen molar-refractivity contribution in [3.8, 4) is 0 Å². The lowest BCUT2D eigenvalue weighted by Crippen LogP contribution is -2.16. The first-order chi connectivity index (χ1) is 11.1. The summed E-state index contributed by atoms with van der Waals surface area (Å²) >= 11 is 0. The highest BCUT2D eigenvalue weighted by molar-refractivity contribution is 6.14. The van der Waals surface area contributed by atoms with Crippen LogP contribution in [-0.4, -0.2) is 23.3 Å². The third-order valence-corrected chi connectivity index (χ3v) is 2.82. The molecule has 1 heterocycles. The van der Waals surface area contributed by atoms with E-state index in [1.54, 1.807) is 6.07 Å². The van der Waals surface area contributed by atoms with Crippen molar-refractivity contribution in [1.29, 1.82) is 5.41 Å². The quantitative estimate of drug-likeness (QED) is 0.389. The molecule has 118 valence electrons. The van der Waals surface area contributed by atoms with Crippen molar-refractivity contribution in [3.63, 3.8) is 0 Å². The van der Waals surface area contributed by atoms with Gasteiger partial charge in [-0.1, -0.05) is 6.07 Å². The minimum atomic E-state index is -0.471. The minimum Gasteiger partial charge on any atom is -0.397 e. The maximum absolute atomic E-state index is 11.1. The topological polar surface area (TPSA) is 142 Å². The Morgan fingerprint density at radius 3 is 2.87 bits per heavy atom. The number of pyridine rings is 1. The molecular formula is C15H17N7O. The zero-order valence-electron chi connectivity index (χ0n) is 12.3. The van der Waals surface area contributed by atoms with Gasteiger partial charge in [0.25, 0.3) is 0 Å². The zero-order chi connectivity index (χ0) is 16.7. The normalized spacial score (nSPS) is 10.4. The highest BCUT2D eigenvalue weighted by Crippen LogP contribution is 2.24. The van der Waals surface area contributed by atoms with Gasteiger partial charge >= 0.3 is 0 Å². The first kappa shape index (κ1) is 16.0. The highest BCUT2D eigenvalue weighted by Gasteiger charge is 2.08. The fourth-order valence-corrected chi connectivity index (χ4v) is 1.89. The molecule has 1 aromatic heterocycles. The highest BCUT2D eigenvalue weighted by atomic mass is 16.1. The largest absolute Gasteiger partial charge is 0.397 e. The summed E-state index contributed by atoms with van der Waals surface area (Å²) in [5.74, 6) is -0.471. The molecule has 0 radical (unpaired) electrons. The summed E-state index contributed by atoms with van der Waals surface area (Å²) in [4.78, 5) is 15.3. The molecule has 1 amide bonds. The number of nitrogens with two attached hydrogens (primary N) is 2. The van der Waals surface area contributed by atoms with Crippen molar-refractivity contribution in [3.05, 3.63) is 42.2 Å². The molecule has 1 aromatic carbocycles. The van der Waals surface area contributed by atoms with Crippen LogP contribution in [0.3, 0.4) is 0 Å². The van der Waals surface area contributed by atoms with E-state index in [9.17, 15) is 4.79 Å². The van der Waals surface area contributed by atoms with Crippen molar-refractivity contribution in [2.75, 3.05) is 16.5 Å². The summed E-state index contributed by atoms with van der Waals surface area (Å²) in [5, 5.41) is 13.9. The number of nitrogens with one attached hydrogen (secondary N) is 3. The van der Waals surface area contributed by atoms with Crippen LogP contribution in [0.5, 0.6) is 0 Å². The van der Waals surface area contributed by atoms with Gasteiger partial charge in [0.15, 0.2) is 0 Å². The van der Waals surface area contributed by atoms with E-state index in [0.29, 0.717) is 17.1 Å². The van der Waals surface area contributed by atoms with Gasteiger partial charge in [-0.25, -0.2) is 0 Å². The van der Waals surface area contributed by atoms with Gasteiger partial charge in [-0.2, -0.15) is 5.10 Å². The Morgan fingerprint density at radius 2 is 2.13 bits per heavy atom. The van der Waals surface area contributed by atoms with Gasteiger partial charge in [0.05, 0.1) is 41.6 Å². The summed E-state index contributed by atoms with van der Waals surface area (Å²) in [6, 6.07) is 9.02. The van der Waals surface area contributed by atoms with Crippen molar-refractivity contribution in [2.45, 2.75) is 6.42 Å². The van der Waals surface area contributed by atoms with E-state index in [1.807, 2.05) is 24.3 Å².